The molecule has 21 heavy (non-hydrogen) atoms. The van der Waals surface area contributed by atoms with Crippen LogP contribution in [0.5, 0.6) is 17.8 Å². The number of ether oxygens (including phenoxy) is 2. The van der Waals surface area contributed by atoms with Crippen LogP contribution in [0.15, 0.2) is 36.5 Å². The lowest BCUT2D eigenvalue weighted by atomic mass is 10.2. The number of hydrogen-bond acceptors (Lipinski definition) is 6. The quantitative estimate of drug-likeness (QED) is 0.736. The monoisotopic (exact) mass is 302 g/mol. The summed E-state index contributed by atoms with van der Waals surface area (Å²) >= 11 is 5.81. The molecule has 0 amide bonds. The summed E-state index contributed by atoms with van der Waals surface area (Å²) in [5.41, 5.74) is 0.883. The number of benzene rings is 1. The van der Waals surface area contributed by atoms with Crippen molar-refractivity contribution in [3.63, 3.8) is 0 Å². The third-order valence-electron chi connectivity index (χ3n) is 2.62. The first kappa shape index (κ1) is 13.5. The van der Waals surface area contributed by atoms with Crippen LogP contribution in [0.2, 0.25) is 5.28 Å². The van der Waals surface area contributed by atoms with Gasteiger partial charge in [-0.3, -0.25) is 4.98 Å². The Labute approximate surface area is 125 Å². The Hall–Kier alpha value is -2.47. The Kier molecular flexibility index (Phi) is 3.79. The van der Waals surface area contributed by atoms with Crippen molar-refractivity contribution in [1.29, 1.82) is 0 Å². The van der Waals surface area contributed by atoms with Gasteiger partial charge >= 0.3 is 12.0 Å². The highest BCUT2D eigenvalue weighted by Crippen LogP contribution is 2.23. The molecule has 0 fully saturated rings. The van der Waals surface area contributed by atoms with E-state index in [1.165, 1.54) is 0 Å². The molecule has 2 aromatic heterocycles. The summed E-state index contributed by atoms with van der Waals surface area (Å²) in [6.45, 7) is 2.25. The fourth-order valence-electron chi connectivity index (χ4n) is 1.77. The summed E-state index contributed by atoms with van der Waals surface area (Å²) in [4.78, 5) is 16.1. The standard InChI is InChI=1S/C14H11ClN4O2/c1-2-20-13-17-12(15)18-14(19-13)21-10-7-9-5-3-4-6-11(9)16-8-10/h3-8H,2H2,1H3. The number of pyridine rings is 1. The molecule has 2 heterocycles. The molecule has 0 aliphatic carbocycles. The third-order valence-corrected chi connectivity index (χ3v) is 2.78. The highest BCUT2D eigenvalue weighted by Gasteiger charge is 2.08. The Bertz CT molecular complexity index is 782. The predicted octanol–water partition coefficient (Wildman–Crippen LogP) is 3.26. The van der Waals surface area contributed by atoms with Crippen molar-refractivity contribution >= 4 is 22.5 Å². The number of halogens is 1. The van der Waals surface area contributed by atoms with Crippen LogP contribution >= 0.6 is 11.6 Å². The average molecular weight is 303 g/mol. The summed E-state index contributed by atoms with van der Waals surface area (Å²) in [5.74, 6) is 0.512. The zero-order valence-electron chi connectivity index (χ0n) is 11.2. The first-order chi connectivity index (χ1) is 10.2. The fraction of sp³-hybridized carbons (Fsp3) is 0.143. The van der Waals surface area contributed by atoms with Gasteiger partial charge in [0.15, 0.2) is 0 Å². The van der Waals surface area contributed by atoms with Crippen LogP contribution in [0.4, 0.5) is 0 Å². The van der Waals surface area contributed by atoms with Gasteiger partial charge in [0.2, 0.25) is 5.28 Å². The van der Waals surface area contributed by atoms with Gasteiger partial charge in [-0.1, -0.05) is 18.2 Å². The Morgan fingerprint density at radius 3 is 2.76 bits per heavy atom. The number of nitrogens with zero attached hydrogens (tertiary/aromatic N) is 4. The second-order valence-electron chi connectivity index (χ2n) is 4.07. The molecule has 0 aliphatic heterocycles. The maximum atomic E-state index is 5.81. The molecular formula is C14H11ClN4O2. The number of para-hydroxylation sites is 1. The van der Waals surface area contributed by atoms with E-state index in [1.807, 2.05) is 37.3 Å². The summed E-state index contributed by atoms with van der Waals surface area (Å²) in [6.07, 6.45) is 1.60. The molecule has 1 aromatic carbocycles. The molecule has 0 spiro atoms. The van der Waals surface area contributed by atoms with E-state index in [2.05, 4.69) is 19.9 Å². The second kappa shape index (κ2) is 5.88. The second-order valence-corrected chi connectivity index (χ2v) is 4.41. The van der Waals surface area contributed by atoms with Gasteiger partial charge in [0, 0.05) is 5.39 Å². The first-order valence-electron chi connectivity index (χ1n) is 6.31. The molecule has 0 N–H and O–H groups in total. The smallest absolute Gasteiger partial charge is 0.329 e. The number of rotatable bonds is 4. The molecular weight excluding hydrogens is 292 g/mol. The van der Waals surface area contributed by atoms with Crippen LogP contribution in [-0.2, 0) is 0 Å². The van der Waals surface area contributed by atoms with Gasteiger partial charge < -0.3 is 9.47 Å². The van der Waals surface area contributed by atoms with Crippen LogP contribution < -0.4 is 9.47 Å². The van der Waals surface area contributed by atoms with Crippen molar-refractivity contribution < 1.29 is 9.47 Å². The van der Waals surface area contributed by atoms with Crippen molar-refractivity contribution in [1.82, 2.24) is 19.9 Å². The van der Waals surface area contributed by atoms with Crippen LogP contribution in [0.25, 0.3) is 10.9 Å². The van der Waals surface area contributed by atoms with Crippen LogP contribution in [0.3, 0.4) is 0 Å². The van der Waals surface area contributed by atoms with E-state index in [1.54, 1.807) is 6.20 Å². The molecule has 0 aliphatic rings. The Morgan fingerprint density at radius 1 is 1.10 bits per heavy atom. The number of fused-ring (bicyclic) bond motifs is 1. The first-order valence-corrected chi connectivity index (χ1v) is 6.69. The third kappa shape index (κ3) is 3.17. The Balaban J connectivity index is 1.90. The van der Waals surface area contributed by atoms with Crippen molar-refractivity contribution in [3.8, 4) is 17.8 Å². The van der Waals surface area contributed by atoms with E-state index in [4.69, 9.17) is 21.1 Å². The maximum absolute atomic E-state index is 5.81. The lowest BCUT2D eigenvalue weighted by Crippen LogP contribution is -2.01. The zero-order valence-corrected chi connectivity index (χ0v) is 11.9. The van der Waals surface area contributed by atoms with Gasteiger partial charge in [0.05, 0.1) is 18.3 Å². The molecule has 0 radical (unpaired) electrons. The molecule has 0 atom stereocenters. The van der Waals surface area contributed by atoms with Crippen LogP contribution in [0.1, 0.15) is 6.92 Å². The van der Waals surface area contributed by atoms with Crippen LogP contribution in [-0.4, -0.2) is 26.5 Å². The van der Waals surface area contributed by atoms with Gasteiger partial charge in [0.25, 0.3) is 0 Å². The highest BCUT2D eigenvalue weighted by atomic mass is 35.5. The normalized spacial score (nSPS) is 10.6. The molecule has 0 unspecified atom stereocenters. The molecule has 7 heteroatoms. The molecule has 0 saturated heterocycles. The summed E-state index contributed by atoms with van der Waals surface area (Å²) < 4.78 is 10.8. The van der Waals surface area contributed by atoms with Crippen LogP contribution in [0, 0.1) is 0 Å². The summed E-state index contributed by atoms with van der Waals surface area (Å²) in [7, 11) is 0. The molecule has 6 nitrogen and oxygen atoms in total. The molecule has 3 rings (SSSR count). The lowest BCUT2D eigenvalue weighted by molar-refractivity contribution is 0.303. The number of hydrogen-bond donors (Lipinski definition) is 0. The van der Waals surface area contributed by atoms with Gasteiger partial charge in [0.1, 0.15) is 5.75 Å². The molecule has 106 valence electrons. The number of aromatic nitrogens is 4. The summed E-state index contributed by atoms with van der Waals surface area (Å²) in [5, 5.41) is 0.970. The van der Waals surface area contributed by atoms with Crippen molar-refractivity contribution in [3.05, 3.63) is 41.8 Å². The maximum Gasteiger partial charge on any atom is 0.329 e. The minimum Gasteiger partial charge on any atom is -0.464 e. The summed E-state index contributed by atoms with van der Waals surface area (Å²) in [6, 6.07) is 9.77. The van der Waals surface area contributed by atoms with E-state index in [-0.39, 0.29) is 17.3 Å². The van der Waals surface area contributed by atoms with E-state index < -0.39 is 0 Å². The van der Waals surface area contributed by atoms with Gasteiger partial charge in [-0.25, -0.2) is 0 Å². The zero-order chi connectivity index (χ0) is 14.7. The van der Waals surface area contributed by atoms with E-state index in [9.17, 15) is 0 Å². The van der Waals surface area contributed by atoms with E-state index in [0.29, 0.717) is 12.4 Å². The molecule has 3 aromatic rings. The topological polar surface area (TPSA) is 70.0 Å². The van der Waals surface area contributed by atoms with Crippen molar-refractivity contribution in [2.75, 3.05) is 6.61 Å². The minimum atomic E-state index is 0.0113. The van der Waals surface area contributed by atoms with Gasteiger partial charge in [-0.05, 0) is 30.7 Å². The fourth-order valence-corrected chi connectivity index (χ4v) is 1.91. The van der Waals surface area contributed by atoms with Gasteiger partial charge in [-0.2, -0.15) is 9.97 Å². The highest BCUT2D eigenvalue weighted by molar-refractivity contribution is 6.28. The van der Waals surface area contributed by atoms with Gasteiger partial charge in [-0.15, -0.1) is 4.98 Å². The SMILES string of the molecule is CCOc1nc(Cl)nc(Oc2cnc3ccccc3c2)n1. The molecule has 0 saturated carbocycles. The predicted molar refractivity (Wildman–Crippen MR) is 77.8 cm³/mol. The largest absolute Gasteiger partial charge is 0.464 e. The lowest BCUT2D eigenvalue weighted by Gasteiger charge is -2.06. The van der Waals surface area contributed by atoms with Crippen molar-refractivity contribution in [2.24, 2.45) is 0 Å². The van der Waals surface area contributed by atoms with Crippen molar-refractivity contribution in [2.45, 2.75) is 6.92 Å². The Morgan fingerprint density at radius 2 is 1.90 bits per heavy atom. The average Bonchev–Trinajstić information content (AvgIpc) is 2.47. The van der Waals surface area contributed by atoms with E-state index >= 15 is 0 Å². The minimum absolute atomic E-state index is 0.0113. The van der Waals surface area contributed by atoms with E-state index in [0.717, 1.165) is 10.9 Å². The molecule has 0 bridgehead atoms.